The van der Waals surface area contributed by atoms with Crippen LogP contribution in [0.3, 0.4) is 0 Å². The van der Waals surface area contributed by atoms with Crippen molar-refractivity contribution in [2.45, 2.75) is 26.0 Å². The standard InChI is InChI=1S/C15H17NO3/c1-10-9-16(14-4-3-7-19-14)13-8-11(15(17)18-2)5-6-12(10)13/h5-6,8-9,14H,3-4,7H2,1-2H3. The first kappa shape index (κ1) is 12.2. The molecule has 0 radical (unpaired) electrons. The summed E-state index contributed by atoms with van der Waals surface area (Å²) in [7, 11) is 1.40. The molecule has 0 saturated carbocycles. The number of esters is 1. The zero-order valence-corrected chi connectivity index (χ0v) is 11.2. The maximum Gasteiger partial charge on any atom is 0.337 e. The van der Waals surface area contributed by atoms with Crippen LogP contribution >= 0.6 is 0 Å². The Morgan fingerprint density at radius 3 is 3.00 bits per heavy atom. The van der Waals surface area contributed by atoms with E-state index in [1.165, 1.54) is 12.7 Å². The van der Waals surface area contributed by atoms with Crippen molar-refractivity contribution in [2.75, 3.05) is 13.7 Å². The molecule has 0 aliphatic carbocycles. The van der Waals surface area contributed by atoms with Crippen LogP contribution in [0.25, 0.3) is 10.9 Å². The molecule has 1 saturated heterocycles. The molecule has 4 nitrogen and oxygen atoms in total. The molecule has 1 aliphatic heterocycles. The third-order valence-electron chi connectivity index (χ3n) is 3.67. The van der Waals surface area contributed by atoms with Crippen LogP contribution in [-0.2, 0) is 9.47 Å². The second-order valence-electron chi connectivity index (χ2n) is 4.91. The Labute approximate surface area is 111 Å². The lowest BCUT2D eigenvalue weighted by atomic mass is 10.1. The smallest absolute Gasteiger partial charge is 0.337 e. The highest BCUT2D eigenvalue weighted by Crippen LogP contribution is 2.30. The van der Waals surface area contributed by atoms with Crippen LogP contribution in [0, 0.1) is 6.92 Å². The van der Waals surface area contributed by atoms with Gasteiger partial charge in [0, 0.05) is 18.2 Å². The first-order valence-corrected chi connectivity index (χ1v) is 6.52. The van der Waals surface area contributed by atoms with Crippen LogP contribution in [0.15, 0.2) is 24.4 Å². The number of nitrogens with zero attached hydrogens (tertiary/aromatic N) is 1. The minimum absolute atomic E-state index is 0.0871. The fourth-order valence-corrected chi connectivity index (χ4v) is 2.69. The van der Waals surface area contributed by atoms with Gasteiger partial charge in [0.25, 0.3) is 0 Å². The summed E-state index contributed by atoms with van der Waals surface area (Å²) < 4.78 is 12.6. The predicted octanol–water partition coefficient (Wildman–Crippen LogP) is 3.05. The van der Waals surface area contributed by atoms with Crippen molar-refractivity contribution in [1.82, 2.24) is 4.57 Å². The monoisotopic (exact) mass is 259 g/mol. The van der Waals surface area contributed by atoms with Gasteiger partial charge in [-0.15, -0.1) is 0 Å². The number of hydrogen-bond donors (Lipinski definition) is 0. The van der Waals surface area contributed by atoms with Gasteiger partial charge in [0.1, 0.15) is 6.23 Å². The summed E-state index contributed by atoms with van der Waals surface area (Å²) in [4.78, 5) is 11.6. The number of ether oxygens (including phenoxy) is 2. The molecule has 1 aromatic carbocycles. The Balaban J connectivity index is 2.13. The van der Waals surface area contributed by atoms with Crippen molar-refractivity contribution in [2.24, 2.45) is 0 Å². The Morgan fingerprint density at radius 2 is 2.32 bits per heavy atom. The summed E-state index contributed by atoms with van der Waals surface area (Å²) in [6.07, 6.45) is 4.29. The number of fused-ring (bicyclic) bond motifs is 1. The lowest BCUT2D eigenvalue weighted by Crippen LogP contribution is -2.06. The van der Waals surface area contributed by atoms with Crippen LogP contribution in [0.4, 0.5) is 0 Å². The predicted molar refractivity (Wildman–Crippen MR) is 72.2 cm³/mol. The summed E-state index contributed by atoms with van der Waals surface area (Å²) in [5, 5.41) is 1.16. The number of carbonyl (C=O) groups is 1. The molecule has 1 unspecified atom stereocenters. The summed E-state index contributed by atoms with van der Waals surface area (Å²) >= 11 is 0. The maximum atomic E-state index is 11.6. The van der Waals surface area contributed by atoms with Gasteiger partial charge in [0.05, 0.1) is 18.2 Å². The van der Waals surface area contributed by atoms with E-state index >= 15 is 0 Å². The van der Waals surface area contributed by atoms with E-state index in [0.29, 0.717) is 5.56 Å². The molecule has 0 N–H and O–H groups in total. The lowest BCUT2D eigenvalue weighted by Gasteiger charge is -2.13. The average Bonchev–Trinajstić information content (AvgIpc) is 3.06. The van der Waals surface area contributed by atoms with E-state index in [4.69, 9.17) is 9.47 Å². The number of aromatic nitrogens is 1. The van der Waals surface area contributed by atoms with E-state index in [9.17, 15) is 4.79 Å². The quantitative estimate of drug-likeness (QED) is 0.778. The third kappa shape index (κ3) is 2.02. The SMILES string of the molecule is COC(=O)c1ccc2c(C)cn(C3CCCO3)c2c1. The Hall–Kier alpha value is -1.81. The van der Waals surface area contributed by atoms with Gasteiger partial charge in [-0.05, 0) is 37.5 Å². The second-order valence-corrected chi connectivity index (χ2v) is 4.91. The zero-order valence-electron chi connectivity index (χ0n) is 11.2. The molecule has 19 heavy (non-hydrogen) atoms. The fourth-order valence-electron chi connectivity index (χ4n) is 2.69. The first-order chi connectivity index (χ1) is 9.20. The molecule has 0 amide bonds. The Bertz CT molecular complexity index is 624. The van der Waals surface area contributed by atoms with Crippen LogP contribution < -0.4 is 0 Å². The Kier molecular flexibility index (Phi) is 3.03. The molecule has 100 valence electrons. The number of methoxy groups -OCH3 is 1. The molecule has 3 rings (SSSR count). The van der Waals surface area contributed by atoms with E-state index in [1.807, 2.05) is 12.1 Å². The molecular weight excluding hydrogens is 242 g/mol. The minimum Gasteiger partial charge on any atom is -0.465 e. The van der Waals surface area contributed by atoms with E-state index < -0.39 is 0 Å². The first-order valence-electron chi connectivity index (χ1n) is 6.52. The number of carbonyl (C=O) groups excluding carboxylic acids is 1. The number of aryl methyl sites for hydroxylation is 1. The normalized spacial score (nSPS) is 18.9. The maximum absolute atomic E-state index is 11.6. The van der Waals surface area contributed by atoms with Gasteiger partial charge in [-0.2, -0.15) is 0 Å². The molecule has 1 fully saturated rings. The van der Waals surface area contributed by atoms with Gasteiger partial charge >= 0.3 is 5.97 Å². The van der Waals surface area contributed by atoms with E-state index in [2.05, 4.69) is 17.7 Å². The summed E-state index contributed by atoms with van der Waals surface area (Å²) in [6.45, 7) is 2.88. The Morgan fingerprint density at radius 1 is 1.47 bits per heavy atom. The zero-order chi connectivity index (χ0) is 13.4. The highest BCUT2D eigenvalue weighted by atomic mass is 16.5. The molecule has 2 aromatic rings. The van der Waals surface area contributed by atoms with Crippen molar-refractivity contribution >= 4 is 16.9 Å². The highest BCUT2D eigenvalue weighted by Gasteiger charge is 2.20. The lowest BCUT2D eigenvalue weighted by molar-refractivity contribution is 0.0589. The van der Waals surface area contributed by atoms with Crippen LogP contribution in [0.5, 0.6) is 0 Å². The van der Waals surface area contributed by atoms with Crippen molar-refractivity contribution in [3.05, 3.63) is 35.5 Å². The topological polar surface area (TPSA) is 40.5 Å². The van der Waals surface area contributed by atoms with Gasteiger partial charge in [0.2, 0.25) is 0 Å². The van der Waals surface area contributed by atoms with Crippen LogP contribution in [0.2, 0.25) is 0 Å². The number of rotatable bonds is 2. The van der Waals surface area contributed by atoms with E-state index in [0.717, 1.165) is 30.4 Å². The van der Waals surface area contributed by atoms with Crippen molar-refractivity contribution < 1.29 is 14.3 Å². The summed E-state index contributed by atoms with van der Waals surface area (Å²) in [5.41, 5.74) is 2.81. The van der Waals surface area contributed by atoms with Crippen molar-refractivity contribution in [3.63, 3.8) is 0 Å². The van der Waals surface area contributed by atoms with Crippen molar-refractivity contribution in [3.8, 4) is 0 Å². The minimum atomic E-state index is -0.306. The van der Waals surface area contributed by atoms with Crippen LogP contribution in [-0.4, -0.2) is 24.3 Å². The largest absolute Gasteiger partial charge is 0.465 e. The van der Waals surface area contributed by atoms with Crippen molar-refractivity contribution in [1.29, 1.82) is 0 Å². The molecule has 1 atom stereocenters. The van der Waals surface area contributed by atoms with Gasteiger partial charge in [0.15, 0.2) is 0 Å². The molecule has 1 aromatic heterocycles. The fraction of sp³-hybridized carbons (Fsp3) is 0.400. The molecule has 2 heterocycles. The number of benzene rings is 1. The van der Waals surface area contributed by atoms with E-state index in [1.54, 1.807) is 6.07 Å². The molecule has 0 bridgehead atoms. The van der Waals surface area contributed by atoms with Gasteiger partial charge in [-0.25, -0.2) is 4.79 Å². The van der Waals surface area contributed by atoms with Crippen LogP contribution in [0.1, 0.15) is 35.0 Å². The van der Waals surface area contributed by atoms with Gasteiger partial charge in [-0.1, -0.05) is 6.07 Å². The average molecular weight is 259 g/mol. The molecule has 0 spiro atoms. The number of hydrogen-bond acceptors (Lipinski definition) is 3. The highest BCUT2D eigenvalue weighted by molar-refractivity contribution is 5.95. The van der Waals surface area contributed by atoms with E-state index in [-0.39, 0.29) is 12.2 Å². The molecular formula is C15H17NO3. The second kappa shape index (κ2) is 4.70. The van der Waals surface area contributed by atoms with Gasteiger partial charge < -0.3 is 14.0 Å². The third-order valence-corrected chi connectivity index (χ3v) is 3.67. The summed E-state index contributed by atoms with van der Waals surface area (Å²) in [5.74, 6) is -0.306. The summed E-state index contributed by atoms with van der Waals surface area (Å²) in [6, 6.07) is 5.67. The van der Waals surface area contributed by atoms with Gasteiger partial charge in [-0.3, -0.25) is 0 Å². The molecule has 4 heteroatoms. The molecule has 1 aliphatic rings.